The molecular formula is C15H16BrClN2. The molecule has 0 amide bonds. The fourth-order valence-electron chi connectivity index (χ4n) is 2.00. The fraction of sp³-hybridized carbons (Fsp3) is 0.200. The Labute approximate surface area is 126 Å². The summed E-state index contributed by atoms with van der Waals surface area (Å²) >= 11 is 9.31. The lowest BCUT2D eigenvalue weighted by atomic mass is 9.82. The van der Waals surface area contributed by atoms with Crippen LogP contribution in [0.25, 0.3) is 0 Å². The maximum Gasteiger partial charge on any atom is 0.0576 e. The Morgan fingerprint density at radius 1 is 1.05 bits per heavy atom. The molecule has 4 N–H and O–H groups in total. The van der Waals surface area contributed by atoms with Crippen LogP contribution in [0.15, 0.2) is 53.0 Å². The minimum absolute atomic E-state index is 0.290. The van der Waals surface area contributed by atoms with Crippen LogP contribution in [-0.4, -0.2) is 0 Å². The number of halogens is 2. The number of nitrogens with two attached hydrogens (primary N) is 2. The summed E-state index contributed by atoms with van der Waals surface area (Å²) in [5, 5.41) is 0.691. The van der Waals surface area contributed by atoms with E-state index < -0.39 is 5.54 Å². The monoisotopic (exact) mass is 338 g/mol. The molecule has 0 saturated heterocycles. The summed E-state index contributed by atoms with van der Waals surface area (Å²) in [6, 6.07) is 15.1. The lowest BCUT2D eigenvalue weighted by Gasteiger charge is -2.32. The minimum Gasteiger partial charge on any atom is -0.322 e. The quantitative estimate of drug-likeness (QED) is 0.889. The molecule has 0 spiro atoms. The highest BCUT2D eigenvalue weighted by atomic mass is 79.9. The standard InChI is InChI=1S/C15H16BrClN2/c1-15(19,11-4-8-13(17)9-5-11)14(18)10-2-6-12(16)7-3-10/h2-9,14H,18-19H2,1H3. The number of hydrogen-bond acceptors (Lipinski definition) is 2. The van der Waals surface area contributed by atoms with E-state index in [2.05, 4.69) is 15.9 Å². The summed E-state index contributed by atoms with van der Waals surface area (Å²) in [4.78, 5) is 0. The van der Waals surface area contributed by atoms with Gasteiger partial charge in [-0.25, -0.2) is 0 Å². The second-order valence-corrected chi connectivity index (χ2v) is 6.17. The van der Waals surface area contributed by atoms with Gasteiger partial charge >= 0.3 is 0 Å². The van der Waals surface area contributed by atoms with E-state index in [-0.39, 0.29) is 6.04 Å². The molecule has 100 valence electrons. The van der Waals surface area contributed by atoms with Crippen molar-refractivity contribution in [3.63, 3.8) is 0 Å². The first-order chi connectivity index (χ1) is 8.91. The summed E-state index contributed by atoms with van der Waals surface area (Å²) in [5.41, 5.74) is 14.1. The van der Waals surface area contributed by atoms with E-state index in [0.717, 1.165) is 15.6 Å². The van der Waals surface area contributed by atoms with Crippen molar-refractivity contribution in [3.8, 4) is 0 Å². The van der Waals surface area contributed by atoms with Gasteiger partial charge in [-0.2, -0.15) is 0 Å². The van der Waals surface area contributed by atoms with Crippen molar-refractivity contribution < 1.29 is 0 Å². The zero-order chi connectivity index (χ0) is 14.0. The van der Waals surface area contributed by atoms with E-state index in [0.29, 0.717) is 5.02 Å². The maximum absolute atomic E-state index is 6.42. The van der Waals surface area contributed by atoms with E-state index in [9.17, 15) is 0 Å². The largest absolute Gasteiger partial charge is 0.322 e. The van der Waals surface area contributed by atoms with Gasteiger partial charge in [0.15, 0.2) is 0 Å². The van der Waals surface area contributed by atoms with Crippen LogP contribution in [0.3, 0.4) is 0 Å². The van der Waals surface area contributed by atoms with E-state index in [4.69, 9.17) is 23.1 Å². The summed E-state index contributed by atoms with van der Waals surface area (Å²) in [6.45, 7) is 1.93. The van der Waals surface area contributed by atoms with Gasteiger partial charge in [0.05, 0.1) is 11.6 Å². The smallest absolute Gasteiger partial charge is 0.0576 e. The van der Waals surface area contributed by atoms with Crippen molar-refractivity contribution >= 4 is 27.5 Å². The molecule has 2 unspecified atom stereocenters. The van der Waals surface area contributed by atoms with Gasteiger partial charge in [0.25, 0.3) is 0 Å². The van der Waals surface area contributed by atoms with Crippen molar-refractivity contribution in [2.75, 3.05) is 0 Å². The number of rotatable bonds is 3. The second-order valence-electron chi connectivity index (χ2n) is 4.82. The zero-order valence-corrected chi connectivity index (χ0v) is 12.9. The lowest BCUT2D eigenvalue weighted by molar-refractivity contribution is 0.397. The molecule has 2 aromatic carbocycles. The fourth-order valence-corrected chi connectivity index (χ4v) is 2.40. The van der Waals surface area contributed by atoms with Crippen LogP contribution in [0.1, 0.15) is 24.1 Å². The molecule has 2 atom stereocenters. The molecule has 0 bridgehead atoms. The summed E-state index contributed by atoms with van der Waals surface area (Å²) in [6.07, 6.45) is 0. The molecule has 0 aliphatic carbocycles. The normalized spacial score (nSPS) is 15.8. The summed E-state index contributed by atoms with van der Waals surface area (Å²) in [5.74, 6) is 0. The van der Waals surface area contributed by atoms with Crippen LogP contribution in [0, 0.1) is 0 Å². The highest BCUT2D eigenvalue weighted by Crippen LogP contribution is 2.31. The van der Waals surface area contributed by atoms with E-state index in [1.165, 1.54) is 0 Å². The SMILES string of the molecule is CC(N)(c1ccc(Cl)cc1)C(N)c1ccc(Br)cc1. The molecule has 0 aromatic heterocycles. The van der Waals surface area contributed by atoms with Crippen LogP contribution in [0.4, 0.5) is 0 Å². The van der Waals surface area contributed by atoms with Crippen molar-refractivity contribution in [1.29, 1.82) is 0 Å². The second kappa shape index (κ2) is 5.63. The topological polar surface area (TPSA) is 52.0 Å². The Hall–Kier alpha value is -0.870. The molecule has 0 aliphatic rings. The predicted molar refractivity (Wildman–Crippen MR) is 84.1 cm³/mol. The molecule has 0 saturated carbocycles. The Balaban J connectivity index is 2.32. The number of benzene rings is 2. The van der Waals surface area contributed by atoms with Gasteiger partial charge in [-0.1, -0.05) is 51.8 Å². The van der Waals surface area contributed by atoms with Crippen molar-refractivity contribution in [2.24, 2.45) is 11.5 Å². The van der Waals surface area contributed by atoms with Crippen molar-refractivity contribution in [3.05, 3.63) is 69.2 Å². The molecule has 2 rings (SSSR count). The zero-order valence-electron chi connectivity index (χ0n) is 10.6. The van der Waals surface area contributed by atoms with Gasteiger partial charge in [0.1, 0.15) is 0 Å². The van der Waals surface area contributed by atoms with Gasteiger partial charge in [0, 0.05) is 9.50 Å². The third-order valence-electron chi connectivity index (χ3n) is 3.34. The third kappa shape index (κ3) is 3.18. The molecule has 0 aliphatic heterocycles. The van der Waals surface area contributed by atoms with Gasteiger partial charge < -0.3 is 11.5 Å². The average Bonchev–Trinajstić information content (AvgIpc) is 2.39. The highest BCUT2D eigenvalue weighted by Gasteiger charge is 2.30. The van der Waals surface area contributed by atoms with Gasteiger partial charge in [-0.05, 0) is 42.3 Å². The molecule has 0 fully saturated rings. The Kier molecular flexibility index (Phi) is 4.31. The van der Waals surface area contributed by atoms with E-state index in [1.807, 2.05) is 55.5 Å². The van der Waals surface area contributed by atoms with Crippen LogP contribution in [-0.2, 0) is 5.54 Å². The van der Waals surface area contributed by atoms with Crippen LogP contribution < -0.4 is 11.5 Å². The lowest BCUT2D eigenvalue weighted by Crippen LogP contribution is -2.44. The molecule has 0 heterocycles. The first-order valence-electron chi connectivity index (χ1n) is 5.97. The van der Waals surface area contributed by atoms with Crippen molar-refractivity contribution in [1.82, 2.24) is 0 Å². The maximum atomic E-state index is 6.42. The summed E-state index contributed by atoms with van der Waals surface area (Å²) < 4.78 is 1.02. The summed E-state index contributed by atoms with van der Waals surface area (Å²) in [7, 11) is 0. The third-order valence-corrected chi connectivity index (χ3v) is 4.12. The van der Waals surface area contributed by atoms with E-state index in [1.54, 1.807) is 0 Å². The highest BCUT2D eigenvalue weighted by molar-refractivity contribution is 9.10. The Bertz CT molecular complexity index is 549. The molecule has 2 aromatic rings. The molecule has 19 heavy (non-hydrogen) atoms. The molecule has 0 radical (unpaired) electrons. The van der Waals surface area contributed by atoms with Gasteiger partial charge in [0.2, 0.25) is 0 Å². The van der Waals surface area contributed by atoms with Gasteiger partial charge in [-0.3, -0.25) is 0 Å². The van der Waals surface area contributed by atoms with Crippen molar-refractivity contribution in [2.45, 2.75) is 18.5 Å². The minimum atomic E-state index is -0.654. The van der Waals surface area contributed by atoms with E-state index >= 15 is 0 Å². The first kappa shape index (κ1) is 14.5. The number of hydrogen-bond donors (Lipinski definition) is 2. The van der Waals surface area contributed by atoms with Gasteiger partial charge in [-0.15, -0.1) is 0 Å². The van der Waals surface area contributed by atoms with Crippen LogP contribution in [0.5, 0.6) is 0 Å². The van der Waals surface area contributed by atoms with Crippen LogP contribution >= 0.6 is 27.5 Å². The molecular weight excluding hydrogens is 324 g/mol. The Morgan fingerprint density at radius 3 is 2.11 bits per heavy atom. The molecule has 4 heteroatoms. The Morgan fingerprint density at radius 2 is 1.58 bits per heavy atom. The predicted octanol–water partition coefficient (Wildman–Crippen LogP) is 3.98. The van der Waals surface area contributed by atoms with Crippen LogP contribution in [0.2, 0.25) is 5.02 Å². The molecule has 2 nitrogen and oxygen atoms in total. The first-order valence-corrected chi connectivity index (χ1v) is 7.14. The average molecular weight is 340 g/mol.